The van der Waals surface area contributed by atoms with Crippen LogP contribution in [0.2, 0.25) is 0 Å². The lowest BCUT2D eigenvalue weighted by Gasteiger charge is -2.50. The number of ether oxygens (including phenoxy) is 13. The van der Waals surface area contributed by atoms with Crippen molar-refractivity contribution >= 4 is 5.91 Å². The standard InChI is InChI=1S/C44H75NO36/c1-9(52)45-17-24(59)33(15(7-51)70-38(17)68)77-41-32(67)34(78-43-36(28(63)21(56)13(5-49)74-43)79-39-30(65)25(60)18(53)10(2-46)71-39)23(58)16(76-41)8-69-42-35(27(62)20(55)12(4-48)73-42)81-44-37(29(64)22(57)14(6-50)75-44)80-40-31(66)26(61)19(54)11(3-47)72-40/h10-44,46-51,53-68H,2-8H2,1H3,(H,45,52)/t10-,11-,12-,13-,14-,15-,16-,17-,18-,19-,20-,21-,22-,23-,24-,25+,26+,27+,28+,29+,30+,31+,32+,33-,34+,35+,36+,37+,38-,39-,40-,41+,42+,43-,44-/m1/s1. The molecule has 7 rings (SSSR count). The molecule has 7 saturated heterocycles. The molecular formula is C44H75NO36. The molecule has 0 radical (unpaired) electrons. The van der Waals surface area contributed by atoms with Crippen LogP contribution in [-0.2, 0) is 66.4 Å². The summed E-state index contributed by atoms with van der Waals surface area (Å²) < 4.78 is 74.5. The van der Waals surface area contributed by atoms with Crippen LogP contribution >= 0.6 is 0 Å². The maximum atomic E-state index is 12.1. The van der Waals surface area contributed by atoms with Gasteiger partial charge in [-0.15, -0.1) is 0 Å². The van der Waals surface area contributed by atoms with Crippen molar-refractivity contribution in [3.63, 3.8) is 0 Å². The summed E-state index contributed by atoms with van der Waals surface area (Å²) in [5.41, 5.74) is 0. The van der Waals surface area contributed by atoms with Crippen molar-refractivity contribution in [2.24, 2.45) is 0 Å². The number of carbonyl (C=O) groups is 1. The summed E-state index contributed by atoms with van der Waals surface area (Å²) in [6.07, 6.45) is -68.9. The molecule has 1 amide bonds. The molecule has 7 aliphatic heterocycles. The second-order valence-electron chi connectivity index (χ2n) is 20.3. The highest BCUT2D eigenvalue weighted by Crippen LogP contribution is 2.38. The molecule has 7 fully saturated rings. The average Bonchev–Trinajstić information content (AvgIpc) is 3.63. The van der Waals surface area contributed by atoms with Gasteiger partial charge in [-0.1, -0.05) is 0 Å². The molecular weight excluding hydrogens is 1120 g/mol. The molecule has 0 aliphatic carbocycles. The lowest BCUT2D eigenvalue weighted by molar-refractivity contribution is -0.402. The molecule has 0 aromatic rings. The third-order valence-electron chi connectivity index (χ3n) is 14.9. The van der Waals surface area contributed by atoms with Crippen molar-refractivity contribution in [2.75, 3.05) is 46.2 Å². The van der Waals surface area contributed by atoms with Gasteiger partial charge in [-0.05, 0) is 0 Å². The predicted molar refractivity (Wildman–Crippen MR) is 243 cm³/mol. The van der Waals surface area contributed by atoms with Gasteiger partial charge in [0.2, 0.25) is 5.91 Å². The van der Waals surface area contributed by atoms with Gasteiger partial charge in [0.25, 0.3) is 0 Å². The Kier molecular flexibility index (Phi) is 23.6. The van der Waals surface area contributed by atoms with E-state index in [-0.39, 0.29) is 0 Å². The van der Waals surface area contributed by atoms with E-state index >= 15 is 0 Å². The number of aliphatic hydroxyl groups is 22. The molecule has 0 aromatic heterocycles. The topological polar surface area (TPSA) is 594 Å². The Bertz CT molecular complexity index is 1940. The highest BCUT2D eigenvalue weighted by Gasteiger charge is 2.58. The molecule has 23 N–H and O–H groups in total. The van der Waals surface area contributed by atoms with Crippen LogP contribution in [0.25, 0.3) is 0 Å². The van der Waals surface area contributed by atoms with E-state index in [4.69, 9.17) is 61.6 Å². The van der Waals surface area contributed by atoms with Gasteiger partial charge < -0.3 is 179 Å². The normalized spacial score (nSPS) is 51.9. The molecule has 37 nitrogen and oxygen atoms in total. The van der Waals surface area contributed by atoms with Crippen molar-refractivity contribution in [3.8, 4) is 0 Å². The summed E-state index contributed by atoms with van der Waals surface area (Å²) in [7, 11) is 0. The Hall–Kier alpha value is -1.93. The lowest BCUT2D eigenvalue weighted by atomic mass is 9.95. The van der Waals surface area contributed by atoms with Gasteiger partial charge in [-0.3, -0.25) is 4.79 Å². The number of aliphatic hydroxyl groups excluding tert-OH is 22. The van der Waals surface area contributed by atoms with E-state index < -0.39 is 267 Å². The molecule has 7 aliphatic rings. The Morgan fingerprint density at radius 3 is 1.05 bits per heavy atom. The smallest absolute Gasteiger partial charge is 0.217 e. The van der Waals surface area contributed by atoms with Crippen LogP contribution in [0.5, 0.6) is 0 Å². The minimum Gasteiger partial charge on any atom is -0.394 e. The predicted octanol–water partition coefficient (Wildman–Crippen LogP) is -16.1. The number of hydrogen-bond donors (Lipinski definition) is 23. The second kappa shape index (κ2) is 28.7. The van der Waals surface area contributed by atoms with E-state index in [0.717, 1.165) is 6.92 Å². The van der Waals surface area contributed by atoms with E-state index in [9.17, 15) is 117 Å². The van der Waals surface area contributed by atoms with Crippen LogP contribution in [0.4, 0.5) is 0 Å². The number of rotatable bonds is 20. The van der Waals surface area contributed by atoms with E-state index in [1.54, 1.807) is 0 Å². The van der Waals surface area contributed by atoms with Crippen LogP contribution in [-0.4, -0.2) is 379 Å². The summed E-state index contributed by atoms with van der Waals surface area (Å²) in [5, 5.41) is 239. The molecule has 81 heavy (non-hydrogen) atoms. The summed E-state index contributed by atoms with van der Waals surface area (Å²) in [6.45, 7) is -6.11. The maximum absolute atomic E-state index is 12.1. The molecule has 0 aromatic carbocycles. The van der Waals surface area contributed by atoms with Gasteiger partial charge >= 0.3 is 0 Å². The summed E-state index contributed by atoms with van der Waals surface area (Å²) >= 11 is 0. The van der Waals surface area contributed by atoms with E-state index in [0.29, 0.717) is 0 Å². The second-order valence-corrected chi connectivity index (χ2v) is 20.3. The molecule has 37 heteroatoms. The molecule has 35 atom stereocenters. The number of hydrogen-bond acceptors (Lipinski definition) is 36. The van der Waals surface area contributed by atoms with E-state index in [1.165, 1.54) is 0 Å². The van der Waals surface area contributed by atoms with Crippen molar-refractivity contribution in [1.82, 2.24) is 5.32 Å². The number of carbonyl (C=O) groups excluding carboxylic acids is 1. The van der Waals surface area contributed by atoms with Crippen molar-refractivity contribution < 1.29 is 179 Å². The third-order valence-corrected chi connectivity index (χ3v) is 14.9. The Labute approximate surface area is 457 Å². The van der Waals surface area contributed by atoms with Crippen molar-refractivity contribution in [3.05, 3.63) is 0 Å². The fourth-order valence-corrected chi connectivity index (χ4v) is 10.2. The number of amides is 1. The quantitative estimate of drug-likeness (QED) is 0.0538. The fourth-order valence-electron chi connectivity index (χ4n) is 10.2. The van der Waals surface area contributed by atoms with Crippen LogP contribution in [0.15, 0.2) is 0 Å². The number of nitrogens with one attached hydrogen (secondary N) is 1. The maximum Gasteiger partial charge on any atom is 0.217 e. The largest absolute Gasteiger partial charge is 0.394 e. The first-order valence-corrected chi connectivity index (χ1v) is 25.6. The van der Waals surface area contributed by atoms with Crippen LogP contribution in [0, 0.1) is 0 Å². The van der Waals surface area contributed by atoms with E-state index in [1.807, 2.05) is 0 Å². The minimum absolute atomic E-state index is 0.797. The molecule has 7 heterocycles. The van der Waals surface area contributed by atoms with Crippen LogP contribution in [0.3, 0.4) is 0 Å². The van der Waals surface area contributed by atoms with Crippen LogP contribution in [0.1, 0.15) is 6.92 Å². The van der Waals surface area contributed by atoms with Crippen molar-refractivity contribution in [2.45, 2.75) is 222 Å². The Morgan fingerprint density at radius 2 is 0.642 bits per heavy atom. The van der Waals surface area contributed by atoms with E-state index in [2.05, 4.69) is 5.32 Å². The zero-order chi connectivity index (χ0) is 59.6. The van der Waals surface area contributed by atoms with Crippen molar-refractivity contribution in [1.29, 1.82) is 0 Å². The van der Waals surface area contributed by atoms with Gasteiger partial charge in [0.15, 0.2) is 44.0 Å². The molecule has 0 bridgehead atoms. The first kappa shape index (κ1) is 66.6. The SMILES string of the molecule is CC(=O)N[C@@H]1[C@@H](O)[C@H](O[C@@H]2O[C@H](CO[C@H]3O[C@H](CO)[C@@H](O)[C@H](O)[C@@H]3O[C@H]3O[C@H](CO)[C@@H](O)[C@H](O)[C@@H]3O[C@H]3O[C@H](CO)[C@@H](O)[C@H](O)[C@@H]3O)[C@@H](O)[C@H](O[C@H]3O[C@H](CO)[C@@H](O)[C@H](O)[C@@H]3O[C@H]3O[C@H](CO)[C@@H](O)[C@H](O)[C@@H]3O)[C@@H]2O)[C@@H](CO)O[C@H]1O. The average molecular weight is 1190 g/mol. The minimum atomic E-state index is -2.37. The first-order valence-electron chi connectivity index (χ1n) is 25.6. The summed E-state index contributed by atoms with van der Waals surface area (Å²) in [5.74, 6) is -0.797. The molecule has 0 saturated carbocycles. The summed E-state index contributed by atoms with van der Waals surface area (Å²) in [6, 6.07) is -1.68. The van der Waals surface area contributed by atoms with Gasteiger partial charge in [0.1, 0.15) is 171 Å². The highest BCUT2D eigenvalue weighted by molar-refractivity contribution is 5.73. The summed E-state index contributed by atoms with van der Waals surface area (Å²) in [4.78, 5) is 12.1. The van der Waals surface area contributed by atoms with Gasteiger partial charge in [0, 0.05) is 6.92 Å². The first-order chi connectivity index (χ1) is 38.3. The lowest BCUT2D eigenvalue weighted by Crippen LogP contribution is -2.69. The highest BCUT2D eigenvalue weighted by atomic mass is 16.8. The molecule has 0 unspecified atom stereocenters. The Morgan fingerprint density at radius 1 is 0.321 bits per heavy atom. The van der Waals surface area contributed by atoms with Crippen LogP contribution < -0.4 is 5.32 Å². The fraction of sp³-hybridized carbons (Fsp3) is 0.977. The molecule has 0 spiro atoms. The third kappa shape index (κ3) is 14.1. The zero-order valence-corrected chi connectivity index (χ0v) is 42.7. The Balaban J connectivity index is 1.20. The monoisotopic (exact) mass is 1190 g/mol. The molecule has 472 valence electrons. The zero-order valence-electron chi connectivity index (χ0n) is 42.7. The van der Waals surface area contributed by atoms with Gasteiger partial charge in [-0.25, -0.2) is 0 Å². The van der Waals surface area contributed by atoms with Gasteiger partial charge in [0.05, 0.1) is 46.2 Å². The van der Waals surface area contributed by atoms with Gasteiger partial charge in [-0.2, -0.15) is 0 Å².